The normalized spacial score (nSPS) is 12.3. The van der Waals surface area contributed by atoms with E-state index in [0.717, 1.165) is 32.3 Å². The summed E-state index contributed by atoms with van der Waals surface area (Å²) in [5, 5.41) is 9.10. The molecular weight excluding hydrogens is 425 g/mol. The molecule has 0 aliphatic rings. The fraction of sp³-hybridized carbons (Fsp3) is 0.238. The molecule has 4 aromatic heterocycles. The molecule has 0 spiro atoms. The first-order valence-corrected chi connectivity index (χ1v) is 10.4. The molecule has 0 amide bonds. The predicted octanol–water partition coefficient (Wildman–Crippen LogP) is 5.08. The maximum absolute atomic E-state index is 12.9. The van der Waals surface area contributed by atoms with E-state index in [1.807, 2.05) is 30.3 Å². The quantitative estimate of drug-likeness (QED) is 0.389. The zero-order chi connectivity index (χ0) is 21.8. The molecule has 0 aliphatic carbocycles. The monoisotopic (exact) mass is 442 g/mol. The zero-order valence-electron chi connectivity index (χ0n) is 16.7. The number of rotatable bonds is 4. The molecule has 5 rings (SSSR count). The highest BCUT2D eigenvalue weighted by atomic mass is 32.1. The Morgan fingerprint density at radius 1 is 1.06 bits per heavy atom. The number of nitrogens with zero attached hydrogens (tertiary/aromatic N) is 6. The average Bonchev–Trinajstić information content (AvgIpc) is 3.40. The maximum atomic E-state index is 12.9. The molecule has 5 aromatic rings. The van der Waals surface area contributed by atoms with E-state index in [-0.39, 0.29) is 6.54 Å². The smallest absolute Gasteiger partial charge is 0.269 e. The lowest BCUT2D eigenvalue weighted by molar-refractivity contribution is -0.141. The second-order valence-electron chi connectivity index (χ2n) is 7.26. The molecule has 0 N–H and O–H groups in total. The summed E-state index contributed by atoms with van der Waals surface area (Å²) in [5.74, 6) is 0.528. The van der Waals surface area contributed by atoms with Crippen LogP contribution >= 0.6 is 11.3 Å². The molecule has 158 valence electrons. The number of fused-ring (bicyclic) bond motifs is 3. The molecule has 0 fully saturated rings. The fourth-order valence-electron chi connectivity index (χ4n) is 3.69. The lowest BCUT2D eigenvalue weighted by Gasteiger charge is -2.02. The van der Waals surface area contributed by atoms with Crippen LogP contribution in [0.15, 0.2) is 42.7 Å². The Morgan fingerprint density at radius 2 is 1.84 bits per heavy atom. The lowest BCUT2D eigenvalue weighted by Crippen LogP contribution is -2.10. The lowest BCUT2D eigenvalue weighted by atomic mass is 10.0. The Kier molecular flexibility index (Phi) is 4.54. The van der Waals surface area contributed by atoms with Gasteiger partial charge in [0.2, 0.25) is 0 Å². The van der Waals surface area contributed by atoms with Crippen LogP contribution in [0.1, 0.15) is 22.1 Å². The van der Waals surface area contributed by atoms with Crippen molar-refractivity contribution in [3.8, 4) is 11.1 Å². The third-order valence-corrected chi connectivity index (χ3v) is 6.14. The zero-order valence-corrected chi connectivity index (χ0v) is 17.5. The minimum atomic E-state index is -4.46. The van der Waals surface area contributed by atoms with Crippen molar-refractivity contribution >= 4 is 27.2 Å². The number of aryl methyl sites for hydroxylation is 4. The molecule has 4 heterocycles. The molecule has 0 atom stereocenters. The van der Waals surface area contributed by atoms with Gasteiger partial charge in [0.05, 0.1) is 5.39 Å². The van der Waals surface area contributed by atoms with Crippen molar-refractivity contribution in [1.29, 1.82) is 0 Å². The van der Waals surface area contributed by atoms with E-state index in [2.05, 4.69) is 22.1 Å². The first-order valence-electron chi connectivity index (χ1n) is 9.61. The van der Waals surface area contributed by atoms with Crippen molar-refractivity contribution in [2.75, 3.05) is 0 Å². The molecule has 6 nitrogen and oxygen atoms in total. The van der Waals surface area contributed by atoms with Gasteiger partial charge in [-0.15, -0.1) is 16.4 Å². The molecule has 0 saturated heterocycles. The first-order chi connectivity index (χ1) is 14.8. The van der Waals surface area contributed by atoms with Gasteiger partial charge in [0.25, 0.3) is 0 Å². The van der Waals surface area contributed by atoms with E-state index >= 15 is 0 Å². The Balaban J connectivity index is 1.52. The molecular formula is C21H17F3N6S. The Hall–Kier alpha value is -3.27. The highest BCUT2D eigenvalue weighted by Gasteiger charge is 2.34. The number of halogens is 3. The number of alkyl halides is 3. The highest BCUT2D eigenvalue weighted by molar-refractivity contribution is 7.19. The summed E-state index contributed by atoms with van der Waals surface area (Å²) in [4.78, 5) is 11.2. The van der Waals surface area contributed by atoms with Gasteiger partial charge in [-0.3, -0.25) is 4.68 Å². The summed E-state index contributed by atoms with van der Waals surface area (Å²) >= 11 is 1.60. The average molecular weight is 442 g/mol. The molecule has 10 heteroatoms. The second-order valence-corrected chi connectivity index (χ2v) is 8.47. The van der Waals surface area contributed by atoms with Crippen molar-refractivity contribution in [2.24, 2.45) is 0 Å². The van der Waals surface area contributed by atoms with Crippen molar-refractivity contribution in [3.63, 3.8) is 0 Å². The molecule has 0 radical (unpaired) electrons. The van der Waals surface area contributed by atoms with Gasteiger partial charge in [0, 0.05) is 29.1 Å². The van der Waals surface area contributed by atoms with E-state index in [4.69, 9.17) is 4.98 Å². The number of hydrogen-bond donors (Lipinski definition) is 0. The predicted molar refractivity (Wildman–Crippen MR) is 112 cm³/mol. The van der Waals surface area contributed by atoms with Gasteiger partial charge in [-0.05, 0) is 25.5 Å². The molecule has 31 heavy (non-hydrogen) atoms. The third-order valence-electron chi connectivity index (χ3n) is 5.13. The van der Waals surface area contributed by atoms with Crippen LogP contribution in [-0.4, -0.2) is 29.4 Å². The van der Waals surface area contributed by atoms with Crippen molar-refractivity contribution < 1.29 is 13.2 Å². The largest absolute Gasteiger partial charge is 0.435 e. The summed E-state index contributed by atoms with van der Waals surface area (Å²) in [5.41, 5.74) is 2.41. The van der Waals surface area contributed by atoms with Crippen LogP contribution < -0.4 is 0 Å². The van der Waals surface area contributed by atoms with Gasteiger partial charge in [0.1, 0.15) is 11.2 Å². The topological polar surface area (TPSA) is 60.9 Å². The minimum absolute atomic E-state index is 0.254. The molecule has 0 saturated carbocycles. The number of hydrogen-bond acceptors (Lipinski definition) is 5. The van der Waals surface area contributed by atoms with E-state index in [1.54, 1.807) is 29.1 Å². The van der Waals surface area contributed by atoms with Gasteiger partial charge in [-0.25, -0.2) is 14.5 Å². The summed E-state index contributed by atoms with van der Waals surface area (Å²) in [7, 11) is 0. The van der Waals surface area contributed by atoms with Crippen LogP contribution in [0.2, 0.25) is 0 Å². The van der Waals surface area contributed by atoms with Crippen LogP contribution in [-0.2, 0) is 19.1 Å². The standard InChI is InChI=1S/C21H17F3N6S/c1-12-10-15(21(22,23)24)27-29(12)9-8-16-26-19-18-17(14-6-4-3-5-7-14)13(2)31-20(18)25-11-30(19)28-16/h3-7,10-11H,8-9H2,1-2H3. The minimum Gasteiger partial charge on any atom is -0.269 e. The van der Waals surface area contributed by atoms with Crippen LogP contribution in [0.3, 0.4) is 0 Å². The van der Waals surface area contributed by atoms with E-state index in [9.17, 15) is 13.2 Å². The molecule has 0 unspecified atom stereocenters. The first kappa shape index (κ1) is 19.7. The van der Waals surface area contributed by atoms with Crippen molar-refractivity contribution in [3.05, 3.63) is 64.8 Å². The summed E-state index contributed by atoms with van der Waals surface area (Å²) in [6.07, 6.45) is -2.48. The van der Waals surface area contributed by atoms with Crippen LogP contribution in [0.5, 0.6) is 0 Å². The Bertz CT molecular complexity index is 1400. The van der Waals surface area contributed by atoms with Gasteiger partial charge in [-0.1, -0.05) is 30.3 Å². The fourth-order valence-corrected chi connectivity index (χ4v) is 4.70. The van der Waals surface area contributed by atoms with Gasteiger partial charge < -0.3 is 0 Å². The van der Waals surface area contributed by atoms with E-state index in [0.29, 0.717) is 23.6 Å². The third kappa shape index (κ3) is 3.46. The Labute approximate surface area is 179 Å². The van der Waals surface area contributed by atoms with Crippen molar-refractivity contribution in [2.45, 2.75) is 33.0 Å². The van der Waals surface area contributed by atoms with Crippen molar-refractivity contribution in [1.82, 2.24) is 29.4 Å². The molecule has 1 aromatic carbocycles. The Morgan fingerprint density at radius 3 is 2.55 bits per heavy atom. The van der Waals surface area contributed by atoms with Gasteiger partial charge in [-0.2, -0.15) is 18.3 Å². The summed E-state index contributed by atoms with van der Waals surface area (Å²) < 4.78 is 41.7. The van der Waals surface area contributed by atoms with E-state index in [1.165, 1.54) is 4.68 Å². The number of thiophene rings is 1. The second kappa shape index (κ2) is 7.16. The number of benzene rings is 1. The maximum Gasteiger partial charge on any atom is 0.435 e. The highest BCUT2D eigenvalue weighted by Crippen LogP contribution is 2.38. The van der Waals surface area contributed by atoms with Crippen LogP contribution in [0.4, 0.5) is 13.2 Å². The SMILES string of the molecule is Cc1sc2ncn3nc(CCn4nc(C(F)(F)F)cc4C)nc3c2c1-c1ccccc1. The summed E-state index contributed by atoms with van der Waals surface area (Å²) in [6.45, 7) is 3.91. The molecule has 0 bridgehead atoms. The van der Waals surface area contributed by atoms with Gasteiger partial charge >= 0.3 is 6.18 Å². The summed E-state index contributed by atoms with van der Waals surface area (Å²) in [6, 6.07) is 11.1. The van der Waals surface area contributed by atoms with Crippen LogP contribution in [0.25, 0.3) is 27.0 Å². The van der Waals surface area contributed by atoms with Crippen LogP contribution in [0, 0.1) is 13.8 Å². The number of aromatic nitrogens is 6. The van der Waals surface area contributed by atoms with Gasteiger partial charge in [0.15, 0.2) is 17.2 Å². The van der Waals surface area contributed by atoms with E-state index < -0.39 is 11.9 Å². The molecule has 0 aliphatic heterocycles.